The predicted octanol–water partition coefficient (Wildman–Crippen LogP) is 3.95. The lowest BCUT2D eigenvalue weighted by Gasteiger charge is -2.38. The van der Waals surface area contributed by atoms with Crippen molar-refractivity contribution in [2.24, 2.45) is 5.92 Å². The smallest absolute Gasteiger partial charge is 0.241 e. The molecular weight excluding hydrogens is 457 g/mol. The Labute approximate surface area is 211 Å². The van der Waals surface area contributed by atoms with E-state index in [1.807, 2.05) is 23.1 Å². The minimum atomic E-state index is -0.294. The SMILES string of the molecule is O=C(C1CCN(Cc2nc(-c3ccc(F)cc3)no2)CC1)N1CCN(C/C=C/c2ccccc2)CC1. The van der Waals surface area contributed by atoms with E-state index >= 15 is 0 Å². The van der Waals surface area contributed by atoms with E-state index in [4.69, 9.17) is 4.52 Å². The van der Waals surface area contributed by atoms with Crippen LogP contribution in [0.4, 0.5) is 4.39 Å². The first-order valence-electron chi connectivity index (χ1n) is 12.7. The molecule has 0 bridgehead atoms. The van der Waals surface area contributed by atoms with Crippen LogP contribution in [0.15, 0.2) is 65.2 Å². The molecule has 188 valence electrons. The number of hydrogen-bond donors (Lipinski definition) is 0. The Balaban J connectivity index is 1.03. The summed E-state index contributed by atoms with van der Waals surface area (Å²) < 4.78 is 18.5. The van der Waals surface area contributed by atoms with Gasteiger partial charge in [0.05, 0.1) is 6.54 Å². The van der Waals surface area contributed by atoms with Gasteiger partial charge in [-0.05, 0) is 55.8 Å². The normalized spacial score (nSPS) is 18.2. The third kappa shape index (κ3) is 6.25. The van der Waals surface area contributed by atoms with Crippen molar-refractivity contribution < 1.29 is 13.7 Å². The highest BCUT2D eigenvalue weighted by molar-refractivity contribution is 5.79. The molecule has 2 aromatic carbocycles. The first kappa shape index (κ1) is 24.3. The van der Waals surface area contributed by atoms with Crippen LogP contribution < -0.4 is 0 Å². The highest BCUT2D eigenvalue weighted by Gasteiger charge is 2.30. The molecule has 0 radical (unpaired) electrons. The van der Waals surface area contributed by atoms with Crippen molar-refractivity contribution in [3.8, 4) is 11.4 Å². The molecule has 1 aromatic heterocycles. The minimum Gasteiger partial charge on any atom is -0.340 e. The average molecular weight is 490 g/mol. The molecule has 0 spiro atoms. The molecule has 5 rings (SSSR count). The number of rotatable bonds is 7. The van der Waals surface area contributed by atoms with Crippen LogP contribution in [0.2, 0.25) is 0 Å². The summed E-state index contributed by atoms with van der Waals surface area (Å²) in [6.45, 7) is 6.55. The van der Waals surface area contributed by atoms with Gasteiger partial charge in [0.2, 0.25) is 17.6 Å². The molecular formula is C28H32FN5O2. The molecule has 2 aliphatic heterocycles. The van der Waals surface area contributed by atoms with Crippen LogP contribution in [0.5, 0.6) is 0 Å². The molecule has 1 amide bonds. The van der Waals surface area contributed by atoms with Crippen molar-refractivity contribution in [1.82, 2.24) is 24.8 Å². The second-order valence-electron chi connectivity index (χ2n) is 9.51. The van der Waals surface area contributed by atoms with Gasteiger partial charge in [-0.2, -0.15) is 4.98 Å². The summed E-state index contributed by atoms with van der Waals surface area (Å²) in [6, 6.07) is 16.4. The Kier molecular flexibility index (Phi) is 7.83. The Morgan fingerprint density at radius 2 is 1.67 bits per heavy atom. The molecule has 3 heterocycles. The molecule has 8 heteroatoms. The fourth-order valence-electron chi connectivity index (χ4n) is 4.88. The minimum absolute atomic E-state index is 0.0863. The summed E-state index contributed by atoms with van der Waals surface area (Å²) in [5, 5.41) is 4.02. The van der Waals surface area contributed by atoms with Crippen LogP contribution in [0.3, 0.4) is 0 Å². The number of nitrogens with zero attached hydrogens (tertiary/aromatic N) is 5. The lowest BCUT2D eigenvalue weighted by atomic mass is 9.95. The van der Waals surface area contributed by atoms with Crippen LogP contribution >= 0.6 is 0 Å². The summed E-state index contributed by atoms with van der Waals surface area (Å²) in [4.78, 5) is 24.3. The molecule has 0 atom stereocenters. The zero-order valence-corrected chi connectivity index (χ0v) is 20.4. The van der Waals surface area contributed by atoms with Gasteiger partial charge in [0.1, 0.15) is 5.82 Å². The largest absolute Gasteiger partial charge is 0.340 e. The monoisotopic (exact) mass is 489 g/mol. The van der Waals surface area contributed by atoms with Crippen molar-refractivity contribution in [2.75, 3.05) is 45.8 Å². The zero-order chi connectivity index (χ0) is 24.7. The Morgan fingerprint density at radius 1 is 0.944 bits per heavy atom. The molecule has 0 aliphatic carbocycles. The number of aromatic nitrogens is 2. The topological polar surface area (TPSA) is 65.7 Å². The fraction of sp³-hybridized carbons (Fsp3) is 0.393. The molecule has 3 aromatic rings. The maximum atomic E-state index is 13.1. The highest BCUT2D eigenvalue weighted by Crippen LogP contribution is 2.23. The highest BCUT2D eigenvalue weighted by atomic mass is 19.1. The third-order valence-corrected chi connectivity index (χ3v) is 7.02. The summed E-state index contributed by atoms with van der Waals surface area (Å²) in [7, 11) is 0. The van der Waals surface area contributed by atoms with Crippen LogP contribution in [0, 0.1) is 11.7 Å². The summed E-state index contributed by atoms with van der Waals surface area (Å²) in [5.74, 6) is 1.09. The molecule has 36 heavy (non-hydrogen) atoms. The van der Waals surface area contributed by atoms with Crippen molar-refractivity contribution in [2.45, 2.75) is 19.4 Å². The van der Waals surface area contributed by atoms with Crippen LogP contribution in [-0.4, -0.2) is 76.6 Å². The lowest BCUT2D eigenvalue weighted by Crippen LogP contribution is -2.51. The first-order valence-corrected chi connectivity index (χ1v) is 12.7. The number of hydrogen-bond acceptors (Lipinski definition) is 6. The van der Waals surface area contributed by atoms with E-state index in [1.165, 1.54) is 17.7 Å². The Morgan fingerprint density at radius 3 is 2.39 bits per heavy atom. The van der Waals surface area contributed by atoms with Gasteiger partial charge in [0, 0.05) is 44.2 Å². The van der Waals surface area contributed by atoms with Gasteiger partial charge in [-0.3, -0.25) is 14.6 Å². The summed E-state index contributed by atoms with van der Waals surface area (Å²) in [5.41, 5.74) is 1.94. The van der Waals surface area contributed by atoms with Crippen LogP contribution in [0.25, 0.3) is 17.5 Å². The van der Waals surface area contributed by atoms with Crippen molar-refractivity contribution in [3.63, 3.8) is 0 Å². The van der Waals surface area contributed by atoms with E-state index in [0.717, 1.165) is 64.2 Å². The van der Waals surface area contributed by atoms with Gasteiger partial charge >= 0.3 is 0 Å². The summed E-state index contributed by atoms with van der Waals surface area (Å²) >= 11 is 0. The van der Waals surface area contributed by atoms with Gasteiger partial charge in [0.15, 0.2) is 0 Å². The molecule has 2 aliphatic rings. The number of carbonyl (C=O) groups excluding carboxylic acids is 1. The lowest BCUT2D eigenvalue weighted by molar-refractivity contribution is -0.138. The Bertz CT molecular complexity index is 1150. The van der Waals surface area contributed by atoms with E-state index in [1.54, 1.807) is 12.1 Å². The number of halogens is 1. The number of piperazine rings is 1. The van der Waals surface area contributed by atoms with Crippen molar-refractivity contribution in [1.29, 1.82) is 0 Å². The van der Waals surface area contributed by atoms with Crippen LogP contribution in [0.1, 0.15) is 24.3 Å². The number of likely N-dealkylation sites (tertiary alicyclic amines) is 1. The molecule has 0 saturated carbocycles. The van der Waals surface area contributed by atoms with E-state index < -0.39 is 0 Å². The summed E-state index contributed by atoms with van der Waals surface area (Å²) in [6.07, 6.45) is 6.05. The number of benzene rings is 2. The zero-order valence-electron chi connectivity index (χ0n) is 20.4. The molecule has 0 N–H and O–H groups in total. The molecule has 2 fully saturated rings. The third-order valence-electron chi connectivity index (χ3n) is 7.02. The predicted molar refractivity (Wildman–Crippen MR) is 136 cm³/mol. The maximum absolute atomic E-state index is 13.1. The van der Waals surface area contributed by atoms with Gasteiger partial charge < -0.3 is 9.42 Å². The number of piperidine rings is 1. The quantitative estimate of drug-likeness (QED) is 0.501. The van der Waals surface area contributed by atoms with Crippen molar-refractivity contribution >= 4 is 12.0 Å². The standard InChI is InChI=1S/C28H32FN5O2/c29-25-10-8-23(9-11-25)27-30-26(36-31-27)21-33-15-12-24(13-16-33)28(35)34-19-17-32(18-20-34)14-4-7-22-5-2-1-3-6-22/h1-11,24H,12-21H2/b7-4+. The second-order valence-corrected chi connectivity index (χ2v) is 9.51. The number of carbonyl (C=O) groups is 1. The molecule has 0 unspecified atom stereocenters. The molecule has 2 saturated heterocycles. The first-order chi connectivity index (χ1) is 17.6. The van der Waals surface area contributed by atoms with Gasteiger partial charge in [-0.1, -0.05) is 47.6 Å². The molecule has 7 nitrogen and oxygen atoms in total. The average Bonchev–Trinajstić information content (AvgIpc) is 3.38. The van der Waals surface area contributed by atoms with Gasteiger partial charge in [-0.15, -0.1) is 0 Å². The van der Waals surface area contributed by atoms with E-state index in [2.05, 4.69) is 44.2 Å². The number of amides is 1. The second kappa shape index (κ2) is 11.6. The maximum Gasteiger partial charge on any atom is 0.241 e. The van der Waals surface area contributed by atoms with E-state index in [0.29, 0.717) is 24.2 Å². The van der Waals surface area contributed by atoms with Gasteiger partial charge in [-0.25, -0.2) is 4.39 Å². The van der Waals surface area contributed by atoms with Crippen LogP contribution in [-0.2, 0) is 11.3 Å². The Hall–Kier alpha value is -3.36. The van der Waals surface area contributed by atoms with E-state index in [9.17, 15) is 9.18 Å². The van der Waals surface area contributed by atoms with Gasteiger partial charge in [0.25, 0.3) is 0 Å². The van der Waals surface area contributed by atoms with Crippen molar-refractivity contribution in [3.05, 3.63) is 77.9 Å². The fourth-order valence-corrected chi connectivity index (χ4v) is 4.88. The van der Waals surface area contributed by atoms with E-state index in [-0.39, 0.29) is 11.7 Å².